The Morgan fingerprint density at radius 2 is 1.85 bits per heavy atom. The quantitative estimate of drug-likeness (QED) is 0.900. The average molecular weight is 269 g/mol. The summed E-state index contributed by atoms with van der Waals surface area (Å²) in [6.07, 6.45) is 2.18. The molecule has 3 nitrogen and oxygen atoms in total. The number of rotatable bonds is 3. The molecule has 104 valence electrons. The van der Waals surface area contributed by atoms with Crippen molar-refractivity contribution in [1.29, 1.82) is 0 Å². The highest BCUT2D eigenvalue weighted by atomic mass is 16.5. The summed E-state index contributed by atoms with van der Waals surface area (Å²) >= 11 is 0. The first kappa shape index (κ1) is 13.0. The van der Waals surface area contributed by atoms with Crippen LogP contribution in [-0.2, 0) is 19.4 Å². The number of ether oxygens (including phenoxy) is 1. The molecule has 0 radical (unpaired) electrons. The molecule has 0 bridgehead atoms. The minimum atomic E-state index is 0.232. The molecule has 2 aromatic rings. The van der Waals surface area contributed by atoms with Crippen LogP contribution in [-0.4, -0.2) is 18.2 Å². The highest BCUT2D eigenvalue weighted by molar-refractivity contribution is 5.35. The lowest BCUT2D eigenvalue weighted by molar-refractivity contribution is 0.304. The standard InChI is InChI=1S/C17H19NO2/c19-16-2-1-3-17(11-16)20-12-13-4-5-14-6-8-18-9-7-15(14)10-13/h1-5,10-11,18-19H,6-9,12H2. The molecule has 3 rings (SSSR count). The van der Waals surface area contributed by atoms with Crippen LogP contribution in [0.1, 0.15) is 16.7 Å². The lowest BCUT2D eigenvalue weighted by Gasteiger charge is -2.10. The highest BCUT2D eigenvalue weighted by Crippen LogP contribution is 2.20. The fourth-order valence-corrected chi connectivity index (χ4v) is 2.56. The van der Waals surface area contributed by atoms with Crippen LogP contribution < -0.4 is 10.1 Å². The van der Waals surface area contributed by atoms with Gasteiger partial charge in [0.15, 0.2) is 0 Å². The van der Waals surface area contributed by atoms with Crippen molar-refractivity contribution in [3.63, 3.8) is 0 Å². The minimum absolute atomic E-state index is 0.232. The molecule has 0 unspecified atom stereocenters. The summed E-state index contributed by atoms with van der Waals surface area (Å²) in [4.78, 5) is 0. The van der Waals surface area contributed by atoms with Crippen LogP contribution >= 0.6 is 0 Å². The van der Waals surface area contributed by atoms with E-state index >= 15 is 0 Å². The number of hydrogen-bond acceptors (Lipinski definition) is 3. The fraction of sp³-hybridized carbons (Fsp3) is 0.294. The topological polar surface area (TPSA) is 41.5 Å². The van der Waals surface area contributed by atoms with Gasteiger partial charge in [-0.05, 0) is 54.8 Å². The molecular formula is C17H19NO2. The molecule has 0 atom stereocenters. The molecule has 2 N–H and O–H groups in total. The zero-order valence-corrected chi connectivity index (χ0v) is 11.4. The first-order valence-corrected chi connectivity index (χ1v) is 7.04. The van der Waals surface area contributed by atoms with Gasteiger partial charge >= 0.3 is 0 Å². The van der Waals surface area contributed by atoms with E-state index in [1.165, 1.54) is 16.7 Å². The van der Waals surface area contributed by atoms with E-state index in [9.17, 15) is 5.11 Å². The highest BCUT2D eigenvalue weighted by Gasteiger charge is 2.08. The van der Waals surface area contributed by atoms with E-state index in [0.29, 0.717) is 12.4 Å². The molecule has 0 amide bonds. The molecular weight excluding hydrogens is 250 g/mol. The summed E-state index contributed by atoms with van der Waals surface area (Å²) < 4.78 is 5.72. The summed E-state index contributed by atoms with van der Waals surface area (Å²) in [6, 6.07) is 13.5. The van der Waals surface area contributed by atoms with Crippen molar-refractivity contribution in [1.82, 2.24) is 5.32 Å². The van der Waals surface area contributed by atoms with E-state index in [1.54, 1.807) is 18.2 Å². The van der Waals surface area contributed by atoms with E-state index in [1.807, 2.05) is 6.07 Å². The zero-order chi connectivity index (χ0) is 13.8. The maximum atomic E-state index is 9.41. The van der Waals surface area contributed by atoms with Crippen LogP contribution in [0.5, 0.6) is 11.5 Å². The maximum absolute atomic E-state index is 9.41. The van der Waals surface area contributed by atoms with Gasteiger partial charge in [0.05, 0.1) is 0 Å². The zero-order valence-electron chi connectivity index (χ0n) is 11.4. The predicted molar refractivity (Wildman–Crippen MR) is 79.2 cm³/mol. The van der Waals surface area contributed by atoms with Gasteiger partial charge in [-0.3, -0.25) is 0 Å². The molecule has 1 heterocycles. The molecule has 3 heteroatoms. The number of aromatic hydroxyl groups is 1. The van der Waals surface area contributed by atoms with Crippen molar-refractivity contribution >= 4 is 0 Å². The lowest BCUT2D eigenvalue weighted by Crippen LogP contribution is -2.16. The third-order valence-corrected chi connectivity index (χ3v) is 3.64. The summed E-state index contributed by atoms with van der Waals surface area (Å²) in [6.45, 7) is 2.64. The van der Waals surface area contributed by atoms with Crippen LogP contribution in [0.3, 0.4) is 0 Å². The van der Waals surface area contributed by atoms with Crippen molar-refractivity contribution in [2.24, 2.45) is 0 Å². The molecule has 2 aromatic carbocycles. The molecule has 0 saturated carbocycles. The van der Waals surface area contributed by atoms with Crippen LogP contribution in [0.25, 0.3) is 0 Å². The Morgan fingerprint density at radius 1 is 1.00 bits per heavy atom. The van der Waals surface area contributed by atoms with E-state index in [0.717, 1.165) is 25.9 Å². The van der Waals surface area contributed by atoms with Gasteiger partial charge in [0, 0.05) is 6.07 Å². The van der Waals surface area contributed by atoms with Gasteiger partial charge in [-0.2, -0.15) is 0 Å². The second-order valence-corrected chi connectivity index (χ2v) is 5.14. The first-order valence-electron chi connectivity index (χ1n) is 7.04. The summed E-state index contributed by atoms with van der Waals surface area (Å²) in [5.74, 6) is 0.928. The van der Waals surface area contributed by atoms with Gasteiger partial charge in [-0.25, -0.2) is 0 Å². The van der Waals surface area contributed by atoms with Gasteiger partial charge in [-0.15, -0.1) is 0 Å². The Kier molecular flexibility index (Phi) is 3.88. The van der Waals surface area contributed by atoms with Crippen molar-refractivity contribution < 1.29 is 9.84 Å². The van der Waals surface area contributed by atoms with Crippen LogP contribution in [0.2, 0.25) is 0 Å². The largest absolute Gasteiger partial charge is 0.508 e. The first-order chi connectivity index (χ1) is 9.81. The van der Waals surface area contributed by atoms with Crippen LogP contribution in [0, 0.1) is 0 Å². The third kappa shape index (κ3) is 3.11. The summed E-state index contributed by atoms with van der Waals surface area (Å²) in [5, 5.41) is 12.8. The van der Waals surface area contributed by atoms with E-state index < -0.39 is 0 Å². The molecule has 0 spiro atoms. The Hall–Kier alpha value is -2.00. The second-order valence-electron chi connectivity index (χ2n) is 5.14. The van der Waals surface area contributed by atoms with Crippen LogP contribution in [0.4, 0.5) is 0 Å². The Balaban J connectivity index is 1.70. The molecule has 0 aromatic heterocycles. The lowest BCUT2D eigenvalue weighted by atomic mass is 10.0. The number of nitrogens with one attached hydrogen (secondary N) is 1. The van der Waals surface area contributed by atoms with Gasteiger partial charge in [0.2, 0.25) is 0 Å². The molecule has 1 aliphatic rings. The minimum Gasteiger partial charge on any atom is -0.508 e. The number of benzene rings is 2. The summed E-state index contributed by atoms with van der Waals surface area (Å²) in [7, 11) is 0. The number of fused-ring (bicyclic) bond motifs is 1. The third-order valence-electron chi connectivity index (χ3n) is 3.64. The summed E-state index contributed by atoms with van der Waals surface area (Å²) in [5.41, 5.74) is 4.04. The van der Waals surface area contributed by atoms with Gasteiger partial charge in [0.25, 0.3) is 0 Å². The fourth-order valence-electron chi connectivity index (χ4n) is 2.56. The van der Waals surface area contributed by atoms with Crippen molar-refractivity contribution in [2.75, 3.05) is 13.1 Å². The van der Waals surface area contributed by atoms with Gasteiger partial charge in [0.1, 0.15) is 18.1 Å². The predicted octanol–water partition coefficient (Wildman–Crippen LogP) is 2.66. The van der Waals surface area contributed by atoms with Gasteiger partial charge < -0.3 is 15.2 Å². The number of hydrogen-bond donors (Lipinski definition) is 2. The molecule has 20 heavy (non-hydrogen) atoms. The average Bonchev–Trinajstić information content (AvgIpc) is 2.70. The number of phenols is 1. The Morgan fingerprint density at radius 3 is 2.70 bits per heavy atom. The second kappa shape index (κ2) is 5.97. The molecule has 1 aliphatic heterocycles. The van der Waals surface area contributed by atoms with Gasteiger partial charge in [-0.1, -0.05) is 24.3 Å². The van der Waals surface area contributed by atoms with Crippen molar-refractivity contribution in [3.8, 4) is 11.5 Å². The molecule has 0 fully saturated rings. The van der Waals surface area contributed by atoms with E-state index in [2.05, 4.69) is 23.5 Å². The number of phenolic OH excluding ortho intramolecular Hbond substituents is 1. The van der Waals surface area contributed by atoms with Crippen molar-refractivity contribution in [3.05, 3.63) is 59.2 Å². The van der Waals surface area contributed by atoms with Crippen molar-refractivity contribution in [2.45, 2.75) is 19.4 Å². The normalized spacial score (nSPS) is 14.4. The SMILES string of the molecule is Oc1cccc(OCc2ccc3c(c2)CCNCC3)c1. The van der Waals surface area contributed by atoms with E-state index in [-0.39, 0.29) is 5.75 Å². The van der Waals surface area contributed by atoms with E-state index in [4.69, 9.17) is 4.74 Å². The maximum Gasteiger partial charge on any atom is 0.123 e. The Bertz CT molecular complexity index is 595. The molecule has 0 saturated heterocycles. The Labute approximate surface area is 119 Å². The van der Waals surface area contributed by atoms with Crippen LogP contribution in [0.15, 0.2) is 42.5 Å². The monoisotopic (exact) mass is 269 g/mol. The molecule has 0 aliphatic carbocycles. The smallest absolute Gasteiger partial charge is 0.123 e.